The summed E-state index contributed by atoms with van der Waals surface area (Å²) in [5.41, 5.74) is 4.50. The third-order valence-corrected chi connectivity index (χ3v) is 6.28. The molecule has 7 heteroatoms. The normalized spacial score (nSPS) is 18.3. The Labute approximate surface area is 181 Å². The van der Waals surface area contributed by atoms with Crippen molar-refractivity contribution in [2.75, 3.05) is 25.6 Å². The van der Waals surface area contributed by atoms with E-state index < -0.39 is 12.0 Å². The fourth-order valence-corrected chi connectivity index (χ4v) is 4.56. The highest BCUT2D eigenvalue weighted by molar-refractivity contribution is 7.99. The number of ether oxygens (including phenoxy) is 3. The van der Waals surface area contributed by atoms with E-state index in [-0.39, 0.29) is 5.37 Å². The summed E-state index contributed by atoms with van der Waals surface area (Å²) in [5.74, 6) is 1.90. The van der Waals surface area contributed by atoms with Gasteiger partial charge in [-0.25, -0.2) is 0 Å². The molecule has 30 heavy (non-hydrogen) atoms. The molecule has 1 aliphatic heterocycles. The van der Waals surface area contributed by atoms with Gasteiger partial charge >= 0.3 is 5.97 Å². The Balaban J connectivity index is 1.61. The lowest BCUT2D eigenvalue weighted by Crippen LogP contribution is -2.33. The number of rotatable bonds is 9. The highest BCUT2D eigenvalue weighted by atomic mass is 32.2. The van der Waals surface area contributed by atoms with Crippen LogP contribution in [0.2, 0.25) is 0 Å². The van der Waals surface area contributed by atoms with Gasteiger partial charge in [0.2, 0.25) is 0 Å². The van der Waals surface area contributed by atoms with E-state index in [1.807, 2.05) is 31.2 Å². The molecule has 1 aliphatic rings. The van der Waals surface area contributed by atoms with Crippen molar-refractivity contribution in [1.29, 1.82) is 0 Å². The highest BCUT2D eigenvalue weighted by Crippen LogP contribution is 2.37. The van der Waals surface area contributed by atoms with Gasteiger partial charge in [0, 0.05) is 5.75 Å². The summed E-state index contributed by atoms with van der Waals surface area (Å²) >= 11 is 1.58. The SMILES string of the molecule is CCOc1cc(C2NC(C(=O)O)CS2)ccc1OCCOc1cc(C)cc(C)c1C. The molecule has 3 rings (SSSR count). The highest BCUT2D eigenvalue weighted by Gasteiger charge is 2.30. The van der Waals surface area contributed by atoms with Crippen molar-refractivity contribution in [1.82, 2.24) is 5.32 Å². The Morgan fingerprint density at radius 1 is 1.07 bits per heavy atom. The van der Waals surface area contributed by atoms with Crippen LogP contribution in [0.5, 0.6) is 17.2 Å². The molecule has 2 N–H and O–H groups in total. The van der Waals surface area contributed by atoms with Crippen molar-refractivity contribution in [3.05, 3.63) is 52.6 Å². The third-order valence-electron chi connectivity index (χ3n) is 5.01. The van der Waals surface area contributed by atoms with Gasteiger partial charge in [-0.05, 0) is 68.1 Å². The Hall–Kier alpha value is -2.38. The van der Waals surface area contributed by atoms with E-state index in [0.29, 0.717) is 37.1 Å². The lowest BCUT2D eigenvalue weighted by Gasteiger charge is -2.17. The van der Waals surface area contributed by atoms with E-state index in [1.165, 1.54) is 11.1 Å². The van der Waals surface area contributed by atoms with Crippen LogP contribution in [-0.4, -0.2) is 42.7 Å². The average Bonchev–Trinajstić information content (AvgIpc) is 3.20. The number of nitrogens with one attached hydrogen (secondary N) is 1. The fraction of sp³-hybridized carbons (Fsp3) is 0.435. The van der Waals surface area contributed by atoms with E-state index in [4.69, 9.17) is 14.2 Å². The molecule has 0 aliphatic carbocycles. The van der Waals surface area contributed by atoms with Gasteiger partial charge in [0.25, 0.3) is 0 Å². The van der Waals surface area contributed by atoms with Gasteiger partial charge in [0.05, 0.1) is 12.0 Å². The van der Waals surface area contributed by atoms with Crippen LogP contribution in [0.15, 0.2) is 30.3 Å². The number of hydrogen-bond donors (Lipinski definition) is 2. The largest absolute Gasteiger partial charge is 0.490 e. The van der Waals surface area contributed by atoms with Crippen LogP contribution < -0.4 is 19.5 Å². The Bertz CT molecular complexity index is 901. The molecule has 2 unspecified atom stereocenters. The number of aliphatic carboxylic acids is 1. The topological polar surface area (TPSA) is 77.0 Å². The number of thioether (sulfide) groups is 1. The summed E-state index contributed by atoms with van der Waals surface area (Å²) in [6.45, 7) is 9.45. The van der Waals surface area contributed by atoms with Crippen LogP contribution in [-0.2, 0) is 4.79 Å². The summed E-state index contributed by atoms with van der Waals surface area (Å²) in [6.07, 6.45) is 0. The van der Waals surface area contributed by atoms with Gasteiger partial charge in [0.15, 0.2) is 11.5 Å². The molecule has 2 aromatic rings. The second kappa shape index (κ2) is 10.1. The van der Waals surface area contributed by atoms with Crippen LogP contribution in [0.3, 0.4) is 0 Å². The van der Waals surface area contributed by atoms with Gasteiger partial charge < -0.3 is 19.3 Å². The zero-order valence-electron chi connectivity index (χ0n) is 17.9. The molecule has 0 aromatic heterocycles. The summed E-state index contributed by atoms with van der Waals surface area (Å²) in [6, 6.07) is 9.39. The number of carboxylic acids is 1. The van der Waals surface area contributed by atoms with Crippen molar-refractivity contribution in [3.8, 4) is 17.2 Å². The predicted molar refractivity (Wildman–Crippen MR) is 119 cm³/mol. The zero-order valence-corrected chi connectivity index (χ0v) is 18.7. The number of aryl methyl sites for hydroxylation is 2. The molecule has 0 bridgehead atoms. The fourth-order valence-electron chi connectivity index (χ4n) is 3.34. The smallest absolute Gasteiger partial charge is 0.321 e. The van der Waals surface area contributed by atoms with Crippen molar-refractivity contribution >= 4 is 17.7 Å². The molecule has 6 nitrogen and oxygen atoms in total. The van der Waals surface area contributed by atoms with E-state index in [0.717, 1.165) is 16.9 Å². The predicted octanol–water partition coefficient (Wildman–Crippen LogP) is 4.26. The molecular formula is C23H29NO5S. The molecule has 0 spiro atoms. The zero-order chi connectivity index (χ0) is 21.7. The maximum atomic E-state index is 11.2. The van der Waals surface area contributed by atoms with Crippen LogP contribution >= 0.6 is 11.8 Å². The summed E-state index contributed by atoms with van der Waals surface area (Å²) < 4.78 is 17.6. The van der Waals surface area contributed by atoms with Crippen LogP contribution in [0.1, 0.15) is 34.6 Å². The van der Waals surface area contributed by atoms with Crippen molar-refractivity contribution in [2.45, 2.75) is 39.1 Å². The van der Waals surface area contributed by atoms with Gasteiger partial charge in [0.1, 0.15) is 25.0 Å². The van der Waals surface area contributed by atoms with Gasteiger partial charge in [-0.15, -0.1) is 11.8 Å². The maximum Gasteiger partial charge on any atom is 0.321 e. The van der Waals surface area contributed by atoms with Gasteiger partial charge in [-0.3, -0.25) is 10.1 Å². The standard InChI is InChI=1S/C23H29NO5S/c1-5-27-21-12-17(22-24-18(13-30-22)23(25)26)6-7-19(21)28-8-9-29-20-11-14(2)10-15(3)16(20)4/h6-7,10-12,18,22,24H,5,8-9,13H2,1-4H3,(H,25,26). The number of carbonyl (C=O) groups is 1. The minimum Gasteiger partial charge on any atom is -0.490 e. The molecule has 1 fully saturated rings. The quantitative estimate of drug-likeness (QED) is 0.575. The number of carboxylic acid groups (broad SMARTS) is 1. The maximum absolute atomic E-state index is 11.2. The molecule has 0 amide bonds. The van der Waals surface area contributed by atoms with E-state index in [2.05, 4.69) is 32.2 Å². The average molecular weight is 432 g/mol. The van der Waals surface area contributed by atoms with Crippen molar-refractivity contribution in [3.63, 3.8) is 0 Å². The first kappa shape index (κ1) is 22.3. The van der Waals surface area contributed by atoms with E-state index >= 15 is 0 Å². The molecular weight excluding hydrogens is 402 g/mol. The van der Waals surface area contributed by atoms with Gasteiger partial charge in [-0.1, -0.05) is 12.1 Å². The molecule has 2 atom stereocenters. The van der Waals surface area contributed by atoms with E-state index in [9.17, 15) is 9.90 Å². The third kappa shape index (κ3) is 5.40. The summed E-state index contributed by atoms with van der Waals surface area (Å²) in [7, 11) is 0. The minimum atomic E-state index is -0.825. The minimum absolute atomic E-state index is 0.0739. The Morgan fingerprint density at radius 2 is 1.80 bits per heavy atom. The monoisotopic (exact) mass is 431 g/mol. The first-order valence-corrected chi connectivity index (χ1v) is 11.1. The second-order valence-corrected chi connectivity index (χ2v) is 8.45. The van der Waals surface area contributed by atoms with E-state index in [1.54, 1.807) is 11.8 Å². The first-order chi connectivity index (χ1) is 14.4. The summed E-state index contributed by atoms with van der Waals surface area (Å²) in [4.78, 5) is 11.2. The van der Waals surface area contributed by atoms with Crippen LogP contribution in [0.4, 0.5) is 0 Å². The number of benzene rings is 2. The molecule has 0 saturated carbocycles. The number of hydrogen-bond acceptors (Lipinski definition) is 6. The van der Waals surface area contributed by atoms with Gasteiger partial charge in [-0.2, -0.15) is 0 Å². The lowest BCUT2D eigenvalue weighted by molar-refractivity contribution is -0.138. The lowest BCUT2D eigenvalue weighted by atomic mass is 10.1. The molecule has 0 radical (unpaired) electrons. The van der Waals surface area contributed by atoms with Crippen molar-refractivity contribution in [2.24, 2.45) is 0 Å². The van der Waals surface area contributed by atoms with Crippen molar-refractivity contribution < 1.29 is 24.1 Å². The molecule has 1 saturated heterocycles. The Kier molecular flexibility index (Phi) is 7.50. The van der Waals surface area contributed by atoms with Crippen LogP contribution in [0.25, 0.3) is 0 Å². The first-order valence-electron chi connectivity index (χ1n) is 10.1. The Morgan fingerprint density at radius 3 is 2.47 bits per heavy atom. The molecule has 162 valence electrons. The molecule has 1 heterocycles. The second-order valence-electron chi connectivity index (χ2n) is 7.31. The summed E-state index contributed by atoms with van der Waals surface area (Å²) in [5, 5.41) is 12.2. The van der Waals surface area contributed by atoms with Crippen LogP contribution in [0, 0.1) is 20.8 Å². The molecule has 2 aromatic carbocycles.